The van der Waals surface area contributed by atoms with Crippen molar-refractivity contribution in [1.29, 1.82) is 0 Å². The van der Waals surface area contributed by atoms with Crippen LogP contribution in [-0.2, 0) is 9.47 Å². The minimum atomic E-state index is -1.05. The van der Waals surface area contributed by atoms with Crippen LogP contribution in [0.2, 0.25) is 0 Å². The van der Waals surface area contributed by atoms with Gasteiger partial charge >= 0.3 is 0 Å². The molecule has 1 rings (SSSR count). The third-order valence-corrected chi connectivity index (χ3v) is 3.62. The molecule has 0 aromatic carbocycles. The molecule has 1 aliphatic rings. The second-order valence-electron chi connectivity index (χ2n) is 5.29. The van der Waals surface area contributed by atoms with Crippen LogP contribution < -0.4 is 0 Å². The monoisotopic (exact) mass is 288 g/mol. The summed E-state index contributed by atoms with van der Waals surface area (Å²) in [6.45, 7) is 4.14. The molecule has 1 saturated heterocycles. The SMILES string of the molecule is C=CCCCCCCCO[C@@H]1CO[C@@H]([C@@H](O)CO)[C@H]1O. The number of hydrogen-bond acceptors (Lipinski definition) is 5. The Bertz CT molecular complexity index is 259. The predicted molar refractivity (Wildman–Crippen MR) is 76.5 cm³/mol. The van der Waals surface area contributed by atoms with Crippen LogP contribution >= 0.6 is 0 Å². The van der Waals surface area contributed by atoms with Crippen LogP contribution in [0.15, 0.2) is 12.7 Å². The van der Waals surface area contributed by atoms with E-state index in [9.17, 15) is 10.2 Å². The molecule has 0 aliphatic carbocycles. The lowest BCUT2D eigenvalue weighted by Gasteiger charge is -2.20. The third kappa shape index (κ3) is 5.89. The summed E-state index contributed by atoms with van der Waals surface area (Å²) >= 11 is 0. The van der Waals surface area contributed by atoms with Crippen LogP contribution in [0.25, 0.3) is 0 Å². The van der Waals surface area contributed by atoms with Gasteiger partial charge in [0.05, 0.1) is 13.2 Å². The summed E-state index contributed by atoms with van der Waals surface area (Å²) in [7, 11) is 0. The zero-order chi connectivity index (χ0) is 14.8. The first-order chi connectivity index (χ1) is 9.70. The standard InChI is InChI=1S/C15H28O5/c1-2-3-4-5-6-7-8-9-19-13-11-20-15(14(13)18)12(17)10-16/h2,12-18H,1,3-11H2/t12-,13+,14-,15-/m0/s1. The van der Waals surface area contributed by atoms with Crippen molar-refractivity contribution in [3.8, 4) is 0 Å². The van der Waals surface area contributed by atoms with Gasteiger partial charge in [-0.1, -0.05) is 25.3 Å². The first-order valence-corrected chi connectivity index (χ1v) is 7.51. The van der Waals surface area contributed by atoms with Gasteiger partial charge in [0.2, 0.25) is 0 Å². The molecule has 3 N–H and O–H groups in total. The summed E-state index contributed by atoms with van der Waals surface area (Å²) in [4.78, 5) is 0. The van der Waals surface area contributed by atoms with Gasteiger partial charge in [-0.15, -0.1) is 6.58 Å². The van der Waals surface area contributed by atoms with Crippen molar-refractivity contribution in [2.75, 3.05) is 19.8 Å². The summed E-state index contributed by atoms with van der Waals surface area (Å²) in [6.07, 6.45) is 5.63. The highest BCUT2D eigenvalue weighted by atomic mass is 16.6. The fraction of sp³-hybridized carbons (Fsp3) is 0.867. The average molecular weight is 288 g/mol. The molecular weight excluding hydrogens is 260 g/mol. The van der Waals surface area contributed by atoms with Crippen molar-refractivity contribution in [1.82, 2.24) is 0 Å². The highest BCUT2D eigenvalue weighted by molar-refractivity contribution is 4.88. The molecule has 5 nitrogen and oxygen atoms in total. The van der Waals surface area contributed by atoms with Crippen molar-refractivity contribution in [3.63, 3.8) is 0 Å². The molecule has 0 amide bonds. The number of aliphatic hydroxyl groups is 3. The van der Waals surface area contributed by atoms with Gasteiger partial charge in [0.25, 0.3) is 0 Å². The summed E-state index contributed by atoms with van der Waals surface area (Å²) in [6, 6.07) is 0. The second kappa shape index (κ2) is 10.3. The summed E-state index contributed by atoms with van der Waals surface area (Å²) in [5, 5.41) is 28.2. The maximum absolute atomic E-state index is 9.92. The number of hydrogen-bond donors (Lipinski definition) is 3. The predicted octanol–water partition coefficient (Wildman–Crippen LogP) is 1.01. The molecule has 118 valence electrons. The zero-order valence-corrected chi connectivity index (χ0v) is 12.1. The molecule has 1 fully saturated rings. The lowest BCUT2D eigenvalue weighted by molar-refractivity contribution is -0.0730. The van der Waals surface area contributed by atoms with E-state index in [1.54, 1.807) is 0 Å². The second-order valence-corrected chi connectivity index (χ2v) is 5.29. The lowest BCUT2D eigenvalue weighted by Crippen LogP contribution is -2.41. The Hall–Kier alpha value is -0.460. The fourth-order valence-electron chi connectivity index (χ4n) is 2.36. The highest BCUT2D eigenvalue weighted by Gasteiger charge is 2.40. The summed E-state index contributed by atoms with van der Waals surface area (Å²) < 4.78 is 10.8. The van der Waals surface area contributed by atoms with Gasteiger partial charge in [0, 0.05) is 6.61 Å². The number of rotatable bonds is 11. The van der Waals surface area contributed by atoms with Gasteiger partial charge in [0.15, 0.2) is 0 Å². The molecule has 0 unspecified atom stereocenters. The summed E-state index contributed by atoms with van der Waals surface area (Å²) in [5.74, 6) is 0. The molecule has 5 heteroatoms. The number of allylic oxidation sites excluding steroid dienone is 1. The Morgan fingerprint density at radius 3 is 2.65 bits per heavy atom. The van der Waals surface area contributed by atoms with Crippen LogP contribution in [0, 0.1) is 0 Å². The first kappa shape index (κ1) is 17.6. The normalized spacial score (nSPS) is 27.6. The topological polar surface area (TPSA) is 79.2 Å². The van der Waals surface area contributed by atoms with Crippen LogP contribution in [0.3, 0.4) is 0 Å². The quantitative estimate of drug-likeness (QED) is 0.391. The van der Waals surface area contributed by atoms with Crippen LogP contribution in [0.1, 0.15) is 38.5 Å². The molecule has 0 bridgehead atoms. The van der Waals surface area contributed by atoms with Crippen molar-refractivity contribution in [3.05, 3.63) is 12.7 Å². The Morgan fingerprint density at radius 2 is 1.95 bits per heavy atom. The average Bonchev–Trinajstić information content (AvgIpc) is 2.82. The highest BCUT2D eigenvalue weighted by Crippen LogP contribution is 2.20. The molecule has 1 aliphatic heterocycles. The summed E-state index contributed by atoms with van der Waals surface area (Å²) in [5.41, 5.74) is 0. The molecule has 20 heavy (non-hydrogen) atoms. The lowest BCUT2D eigenvalue weighted by atomic mass is 10.1. The van der Waals surface area contributed by atoms with Gasteiger partial charge < -0.3 is 24.8 Å². The van der Waals surface area contributed by atoms with Crippen LogP contribution in [-0.4, -0.2) is 59.6 Å². The molecule has 0 aromatic rings. The third-order valence-electron chi connectivity index (χ3n) is 3.62. The maximum atomic E-state index is 9.92. The Morgan fingerprint density at radius 1 is 1.25 bits per heavy atom. The minimum absolute atomic E-state index is 0.266. The van der Waals surface area contributed by atoms with E-state index in [0.29, 0.717) is 6.61 Å². The number of unbranched alkanes of at least 4 members (excludes halogenated alkanes) is 5. The molecule has 0 radical (unpaired) electrons. The van der Waals surface area contributed by atoms with Crippen molar-refractivity contribution < 1.29 is 24.8 Å². The van der Waals surface area contributed by atoms with E-state index in [-0.39, 0.29) is 6.61 Å². The van der Waals surface area contributed by atoms with E-state index >= 15 is 0 Å². The van der Waals surface area contributed by atoms with Crippen molar-refractivity contribution in [2.45, 2.75) is 62.9 Å². The minimum Gasteiger partial charge on any atom is -0.394 e. The Kier molecular flexibility index (Phi) is 9.05. The number of ether oxygens (including phenoxy) is 2. The smallest absolute Gasteiger partial charge is 0.114 e. The largest absolute Gasteiger partial charge is 0.394 e. The van der Waals surface area contributed by atoms with Gasteiger partial charge in [-0.3, -0.25) is 0 Å². The van der Waals surface area contributed by atoms with Crippen LogP contribution in [0.5, 0.6) is 0 Å². The first-order valence-electron chi connectivity index (χ1n) is 7.51. The Balaban J connectivity index is 2.04. The molecular formula is C15H28O5. The fourth-order valence-corrected chi connectivity index (χ4v) is 2.36. The van der Waals surface area contributed by atoms with Gasteiger partial charge in [-0.05, 0) is 19.3 Å². The van der Waals surface area contributed by atoms with E-state index in [4.69, 9.17) is 14.6 Å². The van der Waals surface area contributed by atoms with Crippen molar-refractivity contribution >= 4 is 0 Å². The van der Waals surface area contributed by atoms with Gasteiger partial charge in [0.1, 0.15) is 24.4 Å². The van der Waals surface area contributed by atoms with E-state index in [2.05, 4.69) is 6.58 Å². The molecule has 0 aromatic heterocycles. The zero-order valence-electron chi connectivity index (χ0n) is 12.1. The van der Waals surface area contributed by atoms with Gasteiger partial charge in [-0.2, -0.15) is 0 Å². The van der Waals surface area contributed by atoms with E-state index in [1.165, 1.54) is 19.3 Å². The van der Waals surface area contributed by atoms with E-state index in [1.807, 2.05) is 6.08 Å². The van der Waals surface area contributed by atoms with Crippen molar-refractivity contribution in [2.24, 2.45) is 0 Å². The number of aliphatic hydroxyl groups excluding tert-OH is 3. The molecule has 0 spiro atoms. The van der Waals surface area contributed by atoms with Gasteiger partial charge in [-0.25, -0.2) is 0 Å². The van der Waals surface area contributed by atoms with E-state index < -0.39 is 31.0 Å². The molecule has 4 atom stereocenters. The van der Waals surface area contributed by atoms with E-state index in [0.717, 1.165) is 19.3 Å². The van der Waals surface area contributed by atoms with Crippen LogP contribution in [0.4, 0.5) is 0 Å². The molecule has 1 heterocycles. The maximum Gasteiger partial charge on any atom is 0.114 e. The Labute approximate surface area is 121 Å². The molecule has 0 saturated carbocycles.